The maximum Gasteiger partial charge on any atom is 0.127 e. The molecule has 0 fully saturated rings. The highest BCUT2D eigenvalue weighted by Gasteiger charge is 2.17. The van der Waals surface area contributed by atoms with Gasteiger partial charge in [0, 0.05) is 6.04 Å². The van der Waals surface area contributed by atoms with Crippen LogP contribution < -0.4 is 15.2 Å². The largest absolute Gasteiger partial charge is 0.496 e. The van der Waals surface area contributed by atoms with Crippen LogP contribution in [0.25, 0.3) is 0 Å². The van der Waals surface area contributed by atoms with Gasteiger partial charge in [0.25, 0.3) is 0 Å². The Morgan fingerprint density at radius 3 is 2.19 bits per heavy atom. The van der Waals surface area contributed by atoms with Crippen molar-refractivity contribution in [3.63, 3.8) is 0 Å². The SMILES string of the molecule is C=CC[C@@H](N)c1c(OC)cc(C)cc1OC. The van der Waals surface area contributed by atoms with E-state index in [9.17, 15) is 0 Å². The fourth-order valence-electron chi connectivity index (χ4n) is 1.73. The van der Waals surface area contributed by atoms with Gasteiger partial charge < -0.3 is 15.2 Å². The number of aryl methyl sites for hydroxylation is 1. The number of rotatable bonds is 5. The molecule has 3 heteroatoms. The molecule has 0 aliphatic rings. The third-order valence-electron chi connectivity index (χ3n) is 2.48. The highest BCUT2D eigenvalue weighted by Crippen LogP contribution is 2.35. The number of ether oxygens (including phenoxy) is 2. The van der Waals surface area contributed by atoms with Crippen LogP contribution in [0.2, 0.25) is 0 Å². The Bertz CT molecular complexity index is 349. The van der Waals surface area contributed by atoms with Crippen LogP contribution in [0.15, 0.2) is 24.8 Å². The molecule has 0 bridgehead atoms. The fraction of sp³-hybridized carbons (Fsp3) is 0.385. The average molecular weight is 221 g/mol. The summed E-state index contributed by atoms with van der Waals surface area (Å²) in [6.07, 6.45) is 2.49. The predicted octanol–water partition coefficient (Wildman–Crippen LogP) is 2.59. The van der Waals surface area contributed by atoms with E-state index < -0.39 is 0 Å². The van der Waals surface area contributed by atoms with Crippen molar-refractivity contribution in [3.8, 4) is 11.5 Å². The maximum absolute atomic E-state index is 6.08. The van der Waals surface area contributed by atoms with Crippen molar-refractivity contribution in [2.24, 2.45) is 5.73 Å². The number of hydrogen-bond donors (Lipinski definition) is 1. The molecular weight excluding hydrogens is 202 g/mol. The van der Waals surface area contributed by atoms with E-state index in [1.54, 1.807) is 20.3 Å². The van der Waals surface area contributed by atoms with Gasteiger partial charge in [-0.1, -0.05) is 6.08 Å². The van der Waals surface area contributed by atoms with Crippen molar-refractivity contribution in [3.05, 3.63) is 35.9 Å². The summed E-state index contributed by atoms with van der Waals surface area (Å²) >= 11 is 0. The summed E-state index contributed by atoms with van der Waals surface area (Å²) in [5.74, 6) is 1.54. The zero-order valence-corrected chi connectivity index (χ0v) is 10.1. The second-order valence-electron chi connectivity index (χ2n) is 3.71. The van der Waals surface area contributed by atoms with E-state index in [2.05, 4.69) is 6.58 Å². The summed E-state index contributed by atoms with van der Waals surface area (Å²) in [5, 5.41) is 0. The molecule has 88 valence electrons. The van der Waals surface area contributed by atoms with Gasteiger partial charge in [-0.25, -0.2) is 0 Å². The molecule has 1 atom stereocenters. The first-order valence-electron chi connectivity index (χ1n) is 5.23. The molecule has 0 unspecified atom stereocenters. The van der Waals surface area contributed by atoms with Crippen molar-refractivity contribution >= 4 is 0 Å². The Labute approximate surface area is 96.9 Å². The van der Waals surface area contributed by atoms with E-state index in [-0.39, 0.29) is 6.04 Å². The highest BCUT2D eigenvalue weighted by molar-refractivity contribution is 5.49. The minimum absolute atomic E-state index is 0.150. The molecule has 0 spiro atoms. The van der Waals surface area contributed by atoms with E-state index in [4.69, 9.17) is 15.2 Å². The molecule has 0 aliphatic heterocycles. The smallest absolute Gasteiger partial charge is 0.127 e. The third-order valence-corrected chi connectivity index (χ3v) is 2.48. The van der Waals surface area contributed by atoms with E-state index in [1.807, 2.05) is 19.1 Å². The van der Waals surface area contributed by atoms with Gasteiger partial charge in [-0.3, -0.25) is 0 Å². The van der Waals surface area contributed by atoms with Gasteiger partial charge in [-0.2, -0.15) is 0 Å². The first-order chi connectivity index (χ1) is 7.63. The Balaban J connectivity index is 3.26. The summed E-state index contributed by atoms with van der Waals surface area (Å²) in [4.78, 5) is 0. The lowest BCUT2D eigenvalue weighted by atomic mass is 10.0. The molecule has 0 amide bonds. The minimum atomic E-state index is -0.150. The van der Waals surface area contributed by atoms with Crippen LogP contribution in [-0.2, 0) is 0 Å². The van der Waals surface area contributed by atoms with Crippen LogP contribution in [0.1, 0.15) is 23.6 Å². The van der Waals surface area contributed by atoms with Crippen LogP contribution in [0, 0.1) is 6.92 Å². The summed E-state index contributed by atoms with van der Waals surface area (Å²) in [6, 6.07) is 3.77. The fourth-order valence-corrected chi connectivity index (χ4v) is 1.73. The molecule has 0 aliphatic carbocycles. The van der Waals surface area contributed by atoms with E-state index in [0.717, 1.165) is 22.6 Å². The molecule has 1 aromatic carbocycles. The zero-order valence-electron chi connectivity index (χ0n) is 10.1. The Kier molecular flexibility index (Phi) is 4.38. The minimum Gasteiger partial charge on any atom is -0.496 e. The van der Waals surface area contributed by atoms with Crippen LogP contribution >= 0.6 is 0 Å². The number of benzene rings is 1. The predicted molar refractivity (Wildman–Crippen MR) is 66.0 cm³/mol. The van der Waals surface area contributed by atoms with Crippen molar-refractivity contribution in [1.29, 1.82) is 0 Å². The number of nitrogens with two attached hydrogens (primary N) is 1. The van der Waals surface area contributed by atoms with Gasteiger partial charge in [0.15, 0.2) is 0 Å². The van der Waals surface area contributed by atoms with Crippen molar-refractivity contribution in [2.75, 3.05) is 14.2 Å². The molecule has 0 heterocycles. The molecular formula is C13H19NO2. The first-order valence-corrected chi connectivity index (χ1v) is 5.23. The van der Waals surface area contributed by atoms with Gasteiger partial charge in [0.1, 0.15) is 11.5 Å². The highest BCUT2D eigenvalue weighted by atomic mass is 16.5. The number of hydrogen-bond acceptors (Lipinski definition) is 3. The lowest BCUT2D eigenvalue weighted by molar-refractivity contribution is 0.378. The number of methoxy groups -OCH3 is 2. The van der Waals surface area contributed by atoms with E-state index >= 15 is 0 Å². The summed E-state index contributed by atoms with van der Waals surface area (Å²) < 4.78 is 10.7. The van der Waals surface area contributed by atoms with E-state index in [0.29, 0.717) is 6.42 Å². The Morgan fingerprint density at radius 2 is 1.81 bits per heavy atom. The molecule has 0 saturated heterocycles. The Morgan fingerprint density at radius 1 is 1.31 bits per heavy atom. The monoisotopic (exact) mass is 221 g/mol. The van der Waals surface area contributed by atoms with Crippen LogP contribution in [0.5, 0.6) is 11.5 Å². The molecule has 16 heavy (non-hydrogen) atoms. The standard InChI is InChI=1S/C13H19NO2/c1-5-6-10(14)13-11(15-3)7-9(2)8-12(13)16-4/h5,7-8,10H,1,6,14H2,2-4H3/t10-/m1/s1. The third kappa shape index (κ3) is 2.55. The maximum atomic E-state index is 6.08. The molecule has 0 aromatic heterocycles. The van der Waals surface area contributed by atoms with Crippen LogP contribution in [0.4, 0.5) is 0 Å². The summed E-state index contributed by atoms with van der Waals surface area (Å²) in [7, 11) is 3.27. The van der Waals surface area contributed by atoms with Crippen LogP contribution in [0.3, 0.4) is 0 Å². The Hall–Kier alpha value is -1.48. The summed E-state index contributed by atoms with van der Waals surface area (Å²) in [5.41, 5.74) is 8.06. The van der Waals surface area contributed by atoms with Gasteiger partial charge in [-0.05, 0) is 31.0 Å². The topological polar surface area (TPSA) is 44.5 Å². The molecule has 1 aromatic rings. The quantitative estimate of drug-likeness (QED) is 0.777. The van der Waals surface area contributed by atoms with E-state index in [1.165, 1.54) is 0 Å². The van der Waals surface area contributed by atoms with Gasteiger partial charge in [0.05, 0.1) is 19.8 Å². The zero-order chi connectivity index (χ0) is 12.1. The average Bonchev–Trinajstić information content (AvgIpc) is 2.27. The lowest BCUT2D eigenvalue weighted by Crippen LogP contribution is -2.12. The first kappa shape index (κ1) is 12.6. The van der Waals surface area contributed by atoms with Crippen molar-refractivity contribution in [2.45, 2.75) is 19.4 Å². The lowest BCUT2D eigenvalue weighted by Gasteiger charge is -2.18. The second kappa shape index (κ2) is 5.56. The second-order valence-corrected chi connectivity index (χ2v) is 3.71. The molecule has 0 radical (unpaired) electrons. The van der Waals surface area contributed by atoms with Crippen molar-refractivity contribution in [1.82, 2.24) is 0 Å². The van der Waals surface area contributed by atoms with Gasteiger partial charge >= 0.3 is 0 Å². The summed E-state index contributed by atoms with van der Waals surface area (Å²) in [6.45, 7) is 5.69. The normalized spacial score (nSPS) is 12.0. The molecule has 3 nitrogen and oxygen atoms in total. The molecule has 2 N–H and O–H groups in total. The van der Waals surface area contributed by atoms with Crippen LogP contribution in [-0.4, -0.2) is 14.2 Å². The van der Waals surface area contributed by atoms with Gasteiger partial charge in [-0.15, -0.1) is 6.58 Å². The van der Waals surface area contributed by atoms with Gasteiger partial charge in [0.2, 0.25) is 0 Å². The molecule has 0 saturated carbocycles. The molecule has 1 rings (SSSR count). The van der Waals surface area contributed by atoms with Crippen molar-refractivity contribution < 1.29 is 9.47 Å².